The molecule has 0 unspecified atom stereocenters. The number of nitrogens with zero attached hydrogens (tertiary/aromatic N) is 2. The quantitative estimate of drug-likeness (QED) is 0.870. The fourth-order valence-electron chi connectivity index (χ4n) is 1.44. The summed E-state index contributed by atoms with van der Waals surface area (Å²) in [5.41, 5.74) is -2.28. The van der Waals surface area contributed by atoms with Gasteiger partial charge in [-0.3, -0.25) is 9.78 Å². The number of hydrogen-bond acceptors (Lipinski definition) is 3. The topological polar surface area (TPSA) is 58.6 Å². The van der Waals surface area contributed by atoms with Gasteiger partial charge in [0.15, 0.2) is 0 Å². The molecule has 0 radical (unpaired) electrons. The van der Waals surface area contributed by atoms with Gasteiger partial charge in [-0.1, -0.05) is 11.6 Å². The molecular weight excluding hydrogens is 271 g/mol. The van der Waals surface area contributed by atoms with Crippen molar-refractivity contribution in [3.05, 3.63) is 45.6 Å². The van der Waals surface area contributed by atoms with Gasteiger partial charge >= 0.3 is 6.18 Å². The van der Waals surface area contributed by atoms with Crippen LogP contribution in [0.5, 0.6) is 0 Å². The van der Waals surface area contributed by atoms with E-state index in [0.717, 1.165) is 24.5 Å². The lowest BCUT2D eigenvalue weighted by molar-refractivity contribution is -0.137. The van der Waals surface area contributed by atoms with Gasteiger partial charge in [0.1, 0.15) is 5.15 Å². The Morgan fingerprint density at radius 3 is 2.67 bits per heavy atom. The fraction of sp³-hybridized carbons (Fsp3) is 0.100. The minimum absolute atomic E-state index is 0.110. The molecule has 8 heteroatoms. The van der Waals surface area contributed by atoms with Gasteiger partial charge in [-0.15, -0.1) is 0 Å². The van der Waals surface area contributed by atoms with Crippen LogP contribution >= 0.6 is 11.6 Å². The van der Waals surface area contributed by atoms with Crippen molar-refractivity contribution < 1.29 is 13.2 Å². The average molecular weight is 276 g/mol. The molecular formula is C10H5ClF3N3O. The second-order valence-electron chi connectivity index (χ2n) is 3.35. The number of nitrogens with one attached hydrogen (secondary N) is 1. The third-order valence-electron chi connectivity index (χ3n) is 2.19. The minimum Gasteiger partial charge on any atom is -0.267 e. The zero-order valence-corrected chi connectivity index (χ0v) is 9.38. The lowest BCUT2D eigenvalue weighted by Crippen LogP contribution is -2.14. The fourth-order valence-corrected chi connectivity index (χ4v) is 1.59. The van der Waals surface area contributed by atoms with Crippen molar-refractivity contribution >= 4 is 11.6 Å². The van der Waals surface area contributed by atoms with Gasteiger partial charge < -0.3 is 0 Å². The lowest BCUT2D eigenvalue weighted by atomic mass is 10.0. The van der Waals surface area contributed by atoms with E-state index in [-0.39, 0.29) is 16.3 Å². The summed E-state index contributed by atoms with van der Waals surface area (Å²) in [6.07, 6.45) is -2.62. The van der Waals surface area contributed by atoms with Crippen LogP contribution in [0.3, 0.4) is 0 Å². The first-order chi connectivity index (χ1) is 8.39. The van der Waals surface area contributed by atoms with Gasteiger partial charge in [0.25, 0.3) is 5.56 Å². The molecule has 0 saturated carbocycles. The van der Waals surface area contributed by atoms with Crippen molar-refractivity contribution in [1.82, 2.24) is 15.2 Å². The largest absolute Gasteiger partial charge is 0.417 e. The molecule has 2 aromatic rings. The number of pyridine rings is 1. The van der Waals surface area contributed by atoms with Crippen molar-refractivity contribution in [1.29, 1.82) is 0 Å². The summed E-state index contributed by atoms with van der Waals surface area (Å²) in [6.45, 7) is 0. The molecule has 0 atom stereocenters. The molecule has 0 spiro atoms. The van der Waals surface area contributed by atoms with Crippen LogP contribution in [-0.2, 0) is 6.18 Å². The molecule has 0 aliphatic heterocycles. The summed E-state index contributed by atoms with van der Waals surface area (Å²) in [5, 5.41) is 5.29. The number of hydrogen-bond donors (Lipinski definition) is 1. The van der Waals surface area contributed by atoms with Crippen LogP contribution in [0, 0.1) is 0 Å². The molecule has 0 amide bonds. The van der Waals surface area contributed by atoms with E-state index in [9.17, 15) is 18.0 Å². The van der Waals surface area contributed by atoms with Crippen LogP contribution in [0.25, 0.3) is 11.1 Å². The zero-order valence-electron chi connectivity index (χ0n) is 8.62. The number of H-pyrrole nitrogens is 1. The maximum Gasteiger partial charge on any atom is 0.417 e. The smallest absolute Gasteiger partial charge is 0.267 e. The molecule has 18 heavy (non-hydrogen) atoms. The van der Waals surface area contributed by atoms with Crippen LogP contribution in [0.1, 0.15) is 5.56 Å². The van der Waals surface area contributed by atoms with Crippen LogP contribution < -0.4 is 5.56 Å². The van der Waals surface area contributed by atoms with Crippen LogP contribution in [0.15, 0.2) is 29.3 Å². The van der Waals surface area contributed by atoms with Gasteiger partial charge in [0, 0.05) is 18.0 Å². The Labute approximate surface area is 103 Å². The third kappa shape index (κ3) is 2.35. The number of alkyl halides is 3. The molecule has 0 aliphatic carbocycles. The standard InChI is InChI=1S/C10H5ClF3N3O/c11-8-3-5(9(18)17-16-8)6-4-15-2-1-7(6)10(12,13)14/h1-4H,(H,17,18). The van der Waals surface area contributed by atoms with E-state index in [4.69, 9.17) is 11.6 Å². The second kappa shape index (κ2) is 4.41. The summed E-state index contributed by atoms with van der Waals surface area (Å²) >= 11 is 5.55. The Kier molecular flexibility index (Phi) is 3.08. The first-order valence-corrected chi connectivity index (χ1v) is 5.04. The van der Waals surface area contributed by atoms with Gasteiger partial charge in [0.2, 0.25) is 0 Å². The van der Waals surface area contributed by atoms with Crippen molar-refractivity contribution in [3.63, 3.8) is 0 Å². The Hall–Kier alpha value is -1.89. The van der Waals surface area contributed by atoms with Gasteiger partial charge in [-0.25, -0.2) is 5.10 Å². The van der Waals surface area contributed by atoms with Crippen molar-refractivity contribution in [2.24, 2.45) is 0 Å². The molecule has 0 fully saturated rings. The van der Waals surface area contributed by atoms with Crippen molar-refractivity contribution in [2.45, 2.75) is 6.18 Å². The Morgan fingerprint density at radius 1 is 1.28 bits per heavy atom. The second-order valence-corrected chi connectivity index (χ2v) is 3.74. The predicted octanol–water partition coefficient (Wildman–Crippen LogP) is 2.50. The van der Waals surface area contributed by atoms with Crippen molar-refractivity contribution in [2.75, 3.05) is 0 Å². The summed E-state index contributed by atoms with van der Waals surface area (Å²) in [6, 6.07) is 1.86. The lowest BCUT2D eigenvalue weighted by Gasteiger charge is -2.11. The van der Waals surface area contributed by atoms with E-state index < -0.39 is 17.3 Å². The van der Waals surface area contributed by atoms with Crippen molar-refractivity contribution in [3.8, 4) is 11.1 Å². The maximum atomic E-state index is 12.8. The summed E-state index contributed by atoms with van der Waals surface area (Å²) in [5.74, 6) is 0. The minimum atomic E-state index is -4.58. The highest BCUT2D eigenvalue weighted by Crippen LogP contribution is 2.35. The average Bonchev–Trinajstić information content (AvgIpc) is 2.31. The predicted molar refractivity (Wildman–Crippen MR) is 58.1 cm³/mol. The molecule has 94 valence electrons. The summed E-state index contributed by atoms with van der Waals surface area (Å²) < 4.78 is 38.3. The normalized spacial score (nSPS) is 11.6. The number of aromatic nitrogens is 3. The Morgan fingerprint density at radius 2 is 2.00 bits per heavy atom. The van der Waals surface area contributed by atoms with Gasteiger partial charge in [0.05, 0.1) is 11.1 Å². The van der Waals surface area contributed by atoms with E-state index in [0.29, 0.717) is 0 Å². The highest BCUT2D eigenvalue weighted by atomic mass is 35.5. The third-order valence-corrected chi connectivity index (χ3v) is 2.38. The monoisotopic (exact) mass is 275 g/mol. The molecule has 0 saturated heterocycles. The molecule has 2 aromatic heterocycles. The number of aromatic amines is 1. The van der Waals surface area contributed by atoms with E-state index in [2.05, 4.69) is 10.1 Å². The Bertz CT molecular complexity index is 639. The summed E-state index contributed by atoms with van der Waals surface area (Å²) in [7, 11) is 0. The molecule has 1 N–H and O–H groups in total. The van der Waals surface area contributed by atoms with Gasteiger partial charge in [-0.2, -0.15) is 18.3 Å². The van der Waals surface area contributed by atoms with Crippen LogP contribution in [-0.4, -0.2) is 15.2 Å². The molecule has 2 rings (SSSR count). The number of halogens is 4. The van der Waals surface area contributed by atoms with E-state index in [1.54, 1.807) is 0 Å². The van der Waals surface area contributed by atoms with Crippen LogP contribution in [0.2, 0.25) is 5.15 Å². The molecule has 4 nitrogen and oxygen atoms in total. The van der Waals surface area contributed by atoms with Gasteiger partial charge in [-0.05, 0) is 12.1 Å². The molecule has 0 bridgehead atoms. The highest BCUT2D eigenvalue weighted by molar-refractivity contribution is 6.29. The highest BCUT2D eigenvalue weighted by Gasteiger charge is 2.34. The molecule has 2 heterocycles. The Balaban J connectivity index is 2.72. The van der Waals surface area contributed by atoms with E-state index in [1.807, 2.05) is 5.10 Å². The molecule has 0 aromatic carbocycles. The first-order valence-electron chi connectivity index (χ1n) is 4.66. The van der Waals surface area contributed by atoms with E-state index >= 15 is 0 Å². The zero-order chi connectivity index (χ0) is 13.3. The van der Waals surface area contributed by atoms with Crippen LogP contribution in [0.4, 0.5) is 13.2 Å². The number of rotatable bonds is 1. The first kappa shape index (κ1) is 12.6. The molecule has 0 aliphatic rings. The summed E-state index contributed by atoms with van der Waals surface area (Å²) in [4.78, 5) is 15.1. The van der Waals surface area contributed by atoms with E-state index in [1.165, 1.54) is 0 Å². The SMILES string of the molecule is O=c1[nH]nc(Cl)cc1-c1cnccc1C(F)(F)F. The maximum absolute atomic E-state index is 12.8.